The molecule has 25 heavy (non-hydrogen) atoms. The number of hydrogen-bond donors (Lipinski definition) is 1. The van der Waals surface area contributed by atoms with Crippen LogP contribution >= 0.6 is 0 Å². The van der Waals surface area contributed by atoms with E-state index in [1.54, 1.807) is 12.1 Å². The molecular formula is C18H25N3O4. The lowest BCUT2D eigenvalue weighted by atomic mass is 10.0. The second-order valence-corrected chi connectivity index (χ2v) is 6.99. The minimum atomic E-state index is -0.427. The Morgan fingerprint density at radius 1 is 1.36 bits per heavy atom. The van der Waals surface area contributed by atoms with Crippen LogP contribution in [0.5, 0.6) is 0 Å². The van der Waals surface area contributed by atoms with E-state index in [9.17, 15) is 14.9 Å². The lowest BCUT2D eigenvalue weighted by molar-refractivity contribution is -0.384. The Hall–Kier alpha value is -1.99. The topological polar surface area (TPSA) is 84.7 Å². The number of nitro groups is 1. The van der Waals surface area contributed by atoms with Gasteiger partial charge in [-0.25, -0.2) is 0 Å². The zero-order valence-corrected chi connectivity index (χ0v) is 14.6. The highest BCUT2D eigenvalue weighted by molar-refractivity contribution is 5.95. The summed E-state index contributed by atoms with van der Waals surface area (Å²) in [5.41, 5.74) is 0.835. The standard InChI is InChI=1S/C18H25N3O4/c1-13(22)15-2-3-17(18(10-15)21(23)24)19-16-4-7-20(8-5-16)11-14-6-9-25-12-14/h2-3,10,14,16,19H,4-9,11-12H2,1H3. The van der Waals surface area contributed by atoms with E-state index in [0.29, 0.717) is 17.2 Å². The number of anilines is 1. The molecule has 0 bridgehead atoms. The van der Waals surface area contributed by atoms with Gasteiger partial charge in [0.15, 0.2) is 5.78 Å². The molecule has 0 amide bonds. The van der Waals surface area contributed by atoms with Gasteiger partial charge in [0.25, 0.3) is 5.69 Å². The number of nitrogens with one attached hydrogen (secondary N) is 1. The minimum absolute atomic E-state index is 0.0294. The van der Waals surface area contributed by atoms with Gasteiger partial charge in [-0.1, -0.05) is 0 Å². The molecule has 2 heterocycles. The van der Waals surface area contributed by atoms with Crippen LogP contribution in [0.3, 0.4) is 0 Å². The Kier molecular flexibility index (Phi) is 5.65. The van der Waals surface area contributed by atoms with Gasteiger partial charge in [-0.2, -0.15) is 0 Å². The van der Waals surface area contributed by atoms with Gasteiger partial charge in [0.05, 0.1) is 11.5 Å². The quantitative estimate of drug-likeness (QED) is 0.484. The maximum atomic E-state index is 11.4. The largest absolute Gasteiger partial charge is 0.381 e. The predicted octanol–water partition coefficient (Wildman–Crippen LogP) is 2.71. The summed E-state index contributed by atoms with van der Waals surface area (Å²) in [6.07, 6.45) is 3.06. The number of ether oxygens (including phenoxy) is 1. The summed E-state index contributed by atoms with van der Waals surface area (Å²) in [6, 6.07) is 4.88. The highest BCUT2D eigenvalue weighted by atomic mass is 16.6. The smallest absolute Gasteiger partial charge is 0.293 e. The first-order valence-electron chi connectivity index (χ1n) is 8.89. The predicted molar refractivity (Wildman–Crippen MR) is 95.1 cm³/mol. The average molecular weight is 347 g/mol. The van der Waals surface area contributed by atoms with Crippen LogP contribution in [-0.2, 0) is 4.74 Å². The minimum Gasteiger partial charge on any atom is -0.381 e. The summed E-state index contributed by atoms with van der Waals surface area (Å²) in [5, 5.41) is 14.6. The third kappa shape index (κ3) is 4.55. The van der Waals surface area contributed by atoms with Crippen molar-refractivity contribution in [2.24, 2.45) is 5.92 Å². The number of benzene rings is 1. The fourth-order valence-electron chi connectivity index (χ4n) is 3.60. The first kappa shape index (κ1) is 17.8. The number of rotatable bonds is 6. The fourth-order valence-corrected chi connectivity index (χ4v) is 3.60. The van der Waals surface area contributed by atoms with Crippen LogP contribution in [0.15, 0.2) is 18.2 Å². The van der Waals surface area contributed by atoms with Gasteiger partial charge in [0.1, 0.15) is 5.69 Å². The zero-order valence-electron chi connectivity index (χ0n) is 14.6. The normalized spacial score (nSPS) is 22.0. The third-order valence-electron chi connectivity index (χ3n) is 5.09. The molecule has 2 saturated heterocycles. The molecule has 0 aliphatic carbocycles. The SMILES string of the molecule is CC(=O)c1ccc(NC2CCN(CC3CCOC3)CC2)c([N+](=O)[O-])c1. The van der Waals surface area contributed by atoms with Gasteiger partial charge in [-0.15, -0.1) is 0 Å². The van der Waals surface area contributed by atoms with Crippen LogP contribution in [-0.4, -0.2) is 54.5 Å². The van der Waals surface area contributed by atoms with Crippen molar-refractivity contribution in [1.29, 1.82) is 0 Å². The second kappa shape index (κ2) is 7.93. The molecule has 1 aromatic rings. The molecule has 0 radical (unpaired) electrons. The number of piperidine rings is 1. The van der Waals surface area contributed by atoms with Crippen molar-refractivity contribution in [3.63, 3.8) is 0 Å². The molecule has 7 heteroatoms. The molecule has 1 N–H and O–H groups in total. The van der Waals surface area contributed by atoms with Crippen molar-refractivity contribution >= 4 is 17.2 Å². The number of nitrogens with zero attached hydrogens (tertiary/aromatic N) is 2. The first-order chi connectivity index (χ1) is 12.0. The molecule has 1 atom stereocenters. The molecule has 1 aromatic carbocycles. The van der Waals surface area contributed by atoms with Crippen LogP contribution in [0.4, 0.5) is 11.4 Å². The van der Waals surface area contributed by atoms with Gasteiger partial charge in [0, 0.05) is 43.9 Å². The fraction of sp³-hybridized carbons (Fsp3) is 0.611. The molecule has 0 aromatic heterocycles. The van der Waals surface area contributed by atoms with Crippen LogP contribution in [0, 0.1) is 16.0 Å². The highest BCUT2D eigenvalue weighted by Crippen LogP contribution is 2.28. The Bertz CT molecular complexity index is 635. The Labute approximate surface area is 147 Å². The van der Waals surface area contributed by atoms with E-state index in [-0.39, 0.29) is 17.5 Å². The summed E-state index contributed by atoms with van der Waals surface area (Å²) in [7, 11) is 0. The Balaban J connectivity index is 1.58. The highest BCUT2D eigenvalue weighted by Gasteiger charge is 2.25. The lowest BCUT2D eigenvalue weighted by Gasteiger charge is -2.34. The number of likely N-dealkylation sites (tertiary alicyclic amines) is 1. The maximum Gasteiger partial charge on any atom is 0.293 e. The van der Waals surface area contributed by atoms with Gasteiger partial charge in [0.2, 0.25) is 0 Å². The summed E-state index contributed by atoms with van der Waals surface area (Å²) in [4.78, 5) is 24.8. The maximum absolute atomic E-state index is 11.4. The molecule has 3 rings (SSSR count). The van der Waals surface area contributed by atoms with Crippen molar-refractivity contribution in [3.05, 3.63) is 33.9 Å². The molecule has 2 aliphatic rings. The van der Waals surface area contributed by atoms with Gasteiger partial charge >= 0.3 is 0 Å². The number of carbonyl (C=O) groups excluding carboxylic acids is 1. The molecule has 1 unspecified atom stereocenters. The van der Waals surface area contributed by atoms with E-state index in [2.05, 4.69) is 10.2 Å². The molecule has 2 aliphatic heterocycles. The Morgan fingerprint density at radius 2 is 2.12 bits per heavy atom. The van der Waals surface area contributed by atoms with Crippen molar-refractivity contribution < 1.29 is 14.5 Å². The number of nitro benzene ring substituents is 1. The van der Waals surface area contributed by atoms with Crippen LogP contribution in [0.1, 0.15) is 36.5 Å². The summed E-state index contributed by atoms with van der Waals surface area (Å²) >= 11 is 0. The number of hydrogen-bond acceptors (Lipinski definition) is 6. The molecule has 2 fully saturated rings. The molecule has 0 saturated carbocycles. The van der Waals surface area contributed by atoms with E-state index in [1.165, 1.54) is 13.0 Å². The molecule has 136 valence electrons. The van der Waals surface area contributed by atoms with Crippen LogP contribution in [0.2, 0.25) is 0 Å². The van der Waals surface area contributed by atoms with Gasteiger partial charge in [-0.05, 0) is 44.2 Å². The van der Waals surface area contributed by atoms with Crippen molar-refractivity contribution in [1.82, 2.24) is 4.90 Å². The average Bonchev–Trinajstić information content (AvgIpc) is 3.09. The summed E-state index contributed by atoms with van der Waals surface area (Å²) < 4.78 is 5.43. The van der Waals surface area contributed by atoms with E-state index >= 15 is 0 Å². The van der Waals surface area contributed by atoms with E-state index < -0.39 is 4.92 Å². The summed E-state index contributed by atoms with van der Waals surface area (Å²) in [5.74, 6) is 0.476. The van der Waals surface area contributed by atoms with Crippen LogP contribution < -0.4 is 5.32 Å². The molecule has 0 spiro atoms. The van der Waals surface area contributed by atoms with E-state index in [4.69, 9.17) is 4.74 Å². The molecular weight excluding hydrogens is 322 g/mol. The zero-order chi connectivity index (χ0) is 17.8. The monoisotopic (exact) mass is 347 g/mol. The number of Topliss-reactive ketones (excluding diaryl/α,β-unsaturated/α-hetero) is 1. The first-order valence-corrected chi connectivity index (χ1v) is 8.89. The van der Waals surface area contributed by atoms with Crippen LogP contribution in [0.25, 0.3) is 0 Å². The van der Waals surface area contributed by atoms with Crippen molar-refractivity contribution in [2.45, 2.75) is 32.2 Å². The van der Waals surface area contributed by atoms with Crippen molar-refractivity contribution in [2.75, 3.05) is 38.2 Å². The van der Waals surface area contributed by atoms with Gasteiger partial charge < -0.3 is 15.0 Å². The van der Waals surface area contributed by atoms with E-state index in [0.717, 1.165) is 52.1 Å². The number of ketones is 1. The second-order valence-electron chi connectivity index (χ2n) is 6.99. The summed E-state index contributed by atoms with van der Waals surface area (Å²) in [6.45, 7) is 6.23. The number of carbonyl (C=O) groups is 1. The van der Waals surface area contributed by atoms with Crippen molar-refractivity contribution in [3.8, 4) is 0 Å². The van der Waals surface area contributed by atoms with E-state index in [1.807, 2.05) is 0 Å². The third-order valence-corrected chi connectivity index (χ3v) is 5.09. The van der Waals surface area contributed by atoms with Gasteiger partial charge in [-0.3, -0.25) is 14.9 Å². The molecule has 7 nitrogen and oxygen atoms in total. The Morgan fingerprint density at radius 3 is 2.72 bits per heavy atom. The lowest BCUT2D eigenvalue weighted by Crippen LogP contribution is -2.41.